The molecular formula is C49H96N2O6P+. The van der Waals surface area contributed by atoms with Gasteiger partial charge in [0.1, 0.15) is 13.2 Å². The van der Waals surface area contributed by atoms with E-state index < -0.39 is 20.0 Å². The van der Waals surface area contributed by atoms with Crippen LogP contribution in [0.5, 0.6) is 0 Å². The molecule has 58 heavy (non-hydrogen) atoms. The normalized spacial score (nSPS) is 14.5. The van der Waals surface area contributed by atoms with Crippen molar-refractivity contribution in [3.63, 3.8) is 0 Å². The number of amides is 1. The van der Waals surface area contributed by atoms with Gasteiger partial charge in [0.15, 0.2) is 0 Å². The average molecular weight is 840 g/mol. The Kier molecular flexibility index (Phi) is 40.2. The molecule has 0 bridgehead atoms. The molecule has 0 aliphatic rings. The van der Waals surface area contributed by atoms with Crippen LogP contribution in [0.15, 0.2) is 36.5 Å². The molecule has 8 nitrogen and oxygen atoms in total. The number of phosphoric acid groups is 1. The summed E-state index contributed by atoms with van der Waals surface area (Å²) in [4.78, 5) is 23.1. The fraction of sp³-hybridized carbons (Fsp3) is 0.857. The second kappa shape index (κ2) is 41.1. The first-order valence-corrected chi connectivity index (χ1v) is 25.8. The summed E-state index contributed by atoms with van der Waals surface area (Å²) in [6.07, 6.45) is 51.3. The van der Waals surface area contributed by atoms with Crippen molar-refractivity contribution in [1.82, 2.24) is 5.32 Å². The van der Waals surface area contributed by atoms with Gasteiger partial charge in [-0.15, -0.1) is 0 Å². The van der Waals surface area contributed by atoms with E-state index in [0.717, 1.165) is 44.9 Å². The van der Waals surface area contributed by atoms with Gasteiger partial charge < -0.3 is 19.8 Å². The number of nitrogens with one attached hydrogen (secondary N) is 1. The zero-order chi connectivity index (χ0) is 42.8. The van der Waals surface area contributed by atoms with Crippen molar-refractivity contribution >= 4 is 13.7 Å². The molecule has 0 aliphatic carbocycles. The van der Waals surface area contributed by atoms with Crippen molar-refractivity contribution in [1.29, 1.82) is 0 Å². The van der Waals surface area contributed by atoms with Gasteiger partial charge in [-0.05, 0) is 39.0 Å². The van der Waals surface area contributed by atoms with Gasteiger partial charge in [-0.1, -0.05) is 210 Å². The number of hydrogen-bond donors (Lipinski definition) is 3. The molecule has 0 aromatic carbocycles. The van der Waals surface area contributed by atoms with E-state index in [1.54, 1.807) is 6.08 Å². The van der Waals surface area contributed by atoms with Gasteiger partial charge in [0.05, 0.1) is 39.9 Å². The van der Waals surface area contributed by atoms with Gasteiger partial charge in [0.25, 0.3) is 0 Å². The van der Waals surface area contributed by atoms with Crippen LogP contribution in [0.25, 0.3) is 0 Å². The summed E-state index contributed by atoms with van der Waals surface area (Å²) in [5, 5.41) is 13.7. The molecule has 0 rings (SSSR count). The molecule has 0 aromatic rings. The van der Waals surface area contributed by atoms with E-state index in [4.69, 9.17) is 9.05 Å². The standard InChI is InChI=1S/C49H95N2O6P/c1-6-8-10-12-14-16-17-18-19-20-21-22-23-24-25-26-27-28-29-30-31-32-33-35-37-39-41-43-49(53)50-47(46-57-58(54,55)56-45-44-51(3,4)5)48(52)42-40-38-36-34-15-13-11-9-7-2/h7,9,15,34,40,42,47-48,52H,6,8,10-14,16-33,35-39,41,43-46H2,1-5H3,(H-,50,53,54,55)/p+1/b9-7+,34-15+,42-40+. The van der Waals surface area contributed by atoms with Crippen LogP contribution in [-0.4, -0.2) is 73.4 Å². The summed E-state index contributed by atoms with van der Waals surface area (Å²) < 4.78 is 23.5. The van der Waals surface area contributed by atoms with E-state index in [2.05, 4.69) is 36.5 Å². The lowest BCUT2D eigenvalue weighted by Gasteiger charge is -2.25. The second-order valence-corrected chi connectivity index (χ2v) is 19.3. The van der Waals surface area contributed by atoms with E-state index in [1.807, 2.05) is 34.1 Å². The SMILES string of the molecule is C/C=C/CC/C=C/CC/C=C/C(O)C(COP(=O)(O)OCC[N+](C)(C)C)NC(=O)CCCCCCCCCCCCCCCCCCCCCCCCCCCCC. The first-order valence-electron chi connectivity index (χ1n) is 24.3. The van der Waals surface area contributed by atoms with Crippen LogP contribution in [0.1, 0.15) is 219 Å². The van der Waals surface area contributed by atoms with E-state index in [1.165, 1.54) is 154 Å². The van der Waals surface area contributed by atoms with Gasteiger partial charge in [-0.25, -0.2) is 4.57 Å². The lowest BCUT2D eigenvalue weighted by Crippen LogP contribution is -2.45. The van der Waals surface area contributed by atoms with Crippen molar-refractivity contribution in [3.05, 3.63) is 36.5 Å². The number of nitrogens with zero attached hydrogens (tertiary/aromatic N) is 1. The summed E-state index contributed by atoms with van der Waals surface area (Å²) in [6, 6.07) is -0.864. The van der Waals surface area contributed by atoms with Crippen molar-refractivity contribution in [2.45, 2.75) is 231 Å². The average Bonchev–Trinajstić information content (AvgIpc) is 3.17. The minimum absolute atomic E-state index is 0.0542. The topological polar surface area (TPSA) is 105 Å². The molecule has 0 saturated carbocycles. The van der Waals surface area contributed by atoms with Crippen LogP contribution in [0.2, 0.25) is 0 Å². The van der Waals surface area contributed by atoms with Crippen molar-refractivity contribution in [3.8, 4) is 0 Å². The lowest BCUT2D eigenvalue weighted by atomic mass is 10.0. The van der Waals surface area contributed by atoms with Gasteiger partial charge >= 0.3 is 7.82 Å². The maximum Gasteiger partial charge on any atom is 0.472 e. The number of aliphatic hydroxyl groups excluding tert-OH is 1. The number of carbonyl (C=O) groups is 1. The van der Waals surface area contributed by atoms with E-state index in [-0.39, 0.29) is 19.1 Å². The number of hydrogen-bond acceptors (Lipinski definition) is 5. The van der Waals surface area contributed by atoms with Crippen LogP contribution in [0.4, 0.5) is 0 Å². The van der Waals surface area contributed by atoms with Crippen molar-refractivity contribution < 1.29 is 32.9 Å². The summed E-state index contributed by atoms with van der Waals surface area (Å²) in [6.45, 7) is 4.56. The zero-order valence-electron chi connectivity index (χ0n) is 38.8. The highest BCUT2D eigenvalue weighted by molar-refractivity contribution is 7.47. The highest BCUT2D eigenvalue weighted by atomic mass is 31.2. The molecule has 0 fully saturated rings. The Morgan fingerprint density at radius 3 is 1.38 bits per heavy atom. The highest BCUT2D eigenvalue weighted by Crippen LogP contribution is 2.43. The first kappa shape index (κ1) is 56.7. The summed E-state index contributed by atoms with van der Waals surface area (Å²) in [7, 11) is 1.55. The maximum absolute atomic E-state index is 12.8. The van der Waals surface area contributed by atoms with Gasteiger partial charge in [-0.3, -0.25) is 13.8 Å². The Morgan fingerprint density at radius 2 is 0.983 bits per heavy atom. The number of rotatable bonds is 44. The number of unbranched alkanes of at least 4 members (excludes halogenated alkanes) is 28. The van der Waals surface area contributed by atoms with Crippen molar-refractivity contribution in [2.24, 2.45) is 0 Å². The molecule has 9 heteroatoms. The third kappa shape index (κ3) is 42.8. The molecule has 0 saturated heterocycles. The predicted octanol–water partition coefficient (Wildman–Crippen LogP) is 13.9. The Labute approximate surface area is 359 Å². The number of carbonyl (C=O) groups excluding carboxylic acids is 1. The fourth-order valence-electron chi connectivity index (χ4n) is 7.08. The fourth-order valence-corrected chi connectivity index (χ4v) is 7.82. The molecule has 0 radical (unpaired) electrons. The molecule has 3 atom stereocenters. The molecule has 342 valence electrons. The largest absolute Gasteiger partial charge is 0.472 e. The van der Waals surface area contributed by atoms with Crippen molar-refractivity contribution in [2.75, 3.05) is 40.9 Å². The molecule has 0 heterocycles. The maximum atomic E-state index is 12.8. The smallest absolute Gasteiger partial charge is 0.387 e. The molecule has 0 aromatic heterocycles. The molecule has 1 amide bonds. The molecule has 3 unspecified atom stereocenters. The number of allylic oxidation sites excluding steroid dienone is 5. The van der Waals surface area contributed by atoms with Gasteiger partial charge in [0.2, 0.25) is 5.91 Å². The number of likely N-dealkylation sites (N-methyl/N-ethyl adjacent to an activating group) is 1. The third-order valence-electron chi connectivity index (χ3n) is 10.9. The Morgan fingerprint density at radius 1 is 0.603 bits per heavy atom. The zero-order valence-corrected chi connectivity index (χ0v) is 39.7. The molecular weight excluding hydrogens is 744 g/mol. The molecule has 0 spiro atoms. The first-order chi connectivity index (χ1) is 28.0. The van der Waals surface area contributed by atoms with E-state index >= 15 is 0 Å². The monoisotopic (exact) mass is 840 g/mol. The summed E-state index contributed by atoms with van der Waals surface area (Å²) in [5.41, 5.74) is 0. The van der Waals surface area contributed by atoms with Crippen LogP contribution in [0, 0.1) is 0 Å². The lowest BCUT2D eigenvalue weighted by molar-refractivity contribution is -0.870. The van der Waals surface area contributed by atoms with E-state index in [0.29, 0.717) is 17.4 Å². The second-order valence-electron chi connectivity index (χ2n) is 17.8. The van der Waals surface area contributed by atoms with Crippen LogP contribution < -0.4 is 5.32 Å². The predicted molar refractivity (Wildman–Crippen MR) is 249 cm³/mol. The third-order valence-corrected chi connectivity index (χ3v) is 11.9. The summed E-state index contributed by atoms with van der Waals surface area (Å²) in [5.74, 6) is -0.191. The number of aliphatic hydroxyl groups is 1. The number of phosphoric ester groups is 1. The Bertz CT molecular complexity index is 1040. The molecule has 0 aliphatic heterocycles. The van der Waals surface area contributed by atoms with Crippen LogP contribution in [-0.2, 0) is 18.4 Å². The van der Waals surface area contributed by atoms with Crippen LogP contribution >= 0.6 is 7.82 Å². The number of quaternary nitrogens is 1. The minimum atomic E-state index is -4.34. The van der Waals surface area contributed by atoms with Gasteiger partial charge in [-0.2, -0.15) is 0 Å². The van der Waals surface area contributed by atoms with Crippen LogP contribution in [0.3, 0.4) is 0 Å². The minimum Gasteiger partial charge on any atom is -0.387 e. The highest BCUT2D eigenvalue weighted by Gasteiger charge is 2.27. The summed E-state index contributed by atoms with van der Waals surface area (Å²) >= 11 is 0. The Balaban J connectivity index is 4.05. The molecule has 3 N–H and O–H groups in total. The quantitative estimate of drug-likeness (QED) is 0.0244. The van der Waals surface area contributed by atoms with Gasteiger partial charge in [0, 0.05) is 6.42 Å². The Hall–Kier alpha value is -1.28. The van der Waals surface area contributed by atoms with E-state index in [9.17, 15) is 19.4 Å².